The van der Waals surface area contributed by atoms with Gasteiger partial charge in [-0.2, -0.15) is 15.0 Å². The normalized spacial score (nSPS) is 9.90. The Bertz CT molecular complexity index is 599. The average molecular weight is 291 g/mol. The number of benzene rings is 1. The summed E-state index contributed by atoms with van der Waals surface area (Å²) in [5, 5.41) is 5.90. The second-order valence-corrected chi connectivity index (χ2v) is 3.91. The molecule has 1 heterocycles. The Kier molecular flexibility index (Phi) is 4.60. The molecule has 0 spiro atoms. The largest absolute Gasteiger partial charge is 0.497 e. The number of nitrogens with one attached hydrogen (secondary N) is 2. The highest BCUT2D eigenvalue weighted by Crippen LogP contribution is 2.30. The molecule has 1 aromatic heterocycles. The zero-order chi connectivity index (χ0) is 15.2. The van der Waals surface area contributed by atoms with Crippen LogP contribution in [0.1, 0.15) is 0 Å². The van der Waals surface area contributed by atoms with Crippen LogP contribution in [-0.2, 0) is 0 Å². The van der Waals surface area contributed by atoms with Crippen LogP contribution in [0.4, 0.5) is 17.6 Å². The maximum atomic E-state index is 5.29. The standard InChI is InChI=1S/C13H17N5O3/c1-14-11-16-12(18-13(17-11)21-4)15-9-7-8(19-2)5-6-10(9)20-3/h5-7H,1-4H3,(H2,14,15,16,17,18). The van der Waals surface area contributed by atoms with Crippen molar-refractivity contribution in [2.45, 2.75) is 0 Å². The summed E-state index contributed by atoms with van der Waals surface area (Å²) < 4.78 is 15.5. The summed E-state index contributed by atoms with van der Waals surface area (Å²) in [6.45, 7) is 0. The van der Waals surface area contributed by atoms with E-state index in [1.807, 2.05) is 0 Å². The summed E-state index contributed by atoms with van der Waals surface area (Å²) in [7, 11) is 6.38. The molecular weight excluding hydrogens is 274 g/mol. The molecule has 21 heavy (non-hydrogen) atoms. The van der Waals surface area contributed by atoms with E-state index < -0.39 is 0 Å². The van der Waals surface area contributed by atoms with Crippen molar-refractivity contribution in [3.05, 3.63) is 18.2 Å². The minimum absolute atomic E-state index is 0.207. The fraction of sp³-hybridized carbons (Fsp3) is 0.308. The number of ether oxygens (including phenoxy) is 3. The van der Waals surface area contributed by atoms with Gasteiger partial charge in [0.25, 0.3) is 0 Å². The van der Waals surface area contributed by atoms with E-state index in [0.29, 0.717) is 29.1 Å². The van der Waals surface area contributed by atoms with Gasteiger partial charge in [-0.15, -0.1) is 0 Å². The summed E-state index contributed by atoms with van der Waals surface area (Å²) in [6, 6.07) is 5.59. The van der Waals surface area contributed by atoms with Crippen LogP contribution in [0.2, 0.25) is 0 Å². The lowest BCUT2D eigenvalue weighted by atomic mass is 10.2. The molecule has 0 saturated carbocycles. The number of aromatic nitrogens is 3. The minimum atomic E-state index is 0.207. The molecule has 0 bridgehead atoms. The van der Waals surface area contributed by atoms with Crippen LogP contribution in [0.25, 0.3) is 0 Å². The molecule has 8 heteroatoms. The lowest BCUT2D eigenvalue weighted by Crippen LogP contribution is -2.06. The van der Waals surface area contributed by atoms with Gasteiger partial charge in [-0.05, 0) is 12.1 Å². The highest BCUT2D eigenvalue weighted by atomic mass is 16.5. The van der Waals surface area contributed by atoms with Crippen LogP contribution in [0.15, 0.2) is 18.2 Å². The van der Waals surface area contributed by atoms with Gasteiger partial charge in [0.05, 0.1) is 27.0 Å². The van der Waals surface area contributed by atoms with Crippen molar-refractivity contribution < 1.29 is 14.2 Å². The predicted molar refractivity (Wildman–Crippen MR) is 78.8 cm³/mol. The molecule has 0 aliphatic heterocycles. The van der Waals surface area contributed by atoms with Gasteiger partial charge >= 0.3 is 6.01 Å². The van der Waals surface area contributed by atoms with E-state index in [-0.39, 0.29) is 6.01 Å². The third-order valence-electron chi connectivity index (χ3n) is 2.67. The second-order valence-electron chi connectivity index (χ2n) is 3.91. The molecule has 0 aliphatic carbocycles. The first-order valence-electron chi connectivity index (χ1n) is 6.17. The smallest absolute Gasteiger partial charge is 0.322 e. The SMILES string of the molecule is CNc1nc(Nc2cc(OC)ccc2OC)nc(OC)n1. The van der Waals surface area contributed by atoms with Crippen LogP contribution >= 0.6 is 0 Å². The van der Waals surface area contributed by atoms with Gasteiger partial charge in [0.1, 0.15) is 11.5 Å². The summed E-state index contributed by atoms with van der Waals surface area (Å²) in [5.74, 6) is 2.05. The van der Waals surface area contributed by atoms with E-state index in [9.17, 15) is 0 Å². The fourth-order valence-electron chi connectivity index (χ4n) is 1.65. The Labute approximate surface area is 122 Å². The third kappa shape index (κ3) is 3.41. The number of hydrogen-bond donors (Lipinski definition) is 2. The maximum Gasteiger partial charge on any atom is 0.322 e. The monoisotopic (exact) mass is 291 g/mol. The lowest BCUT2D eigenvalue weighted by molar-refractivity contribution is 0.379. The number of hydrogen-bond acceptors (Lipinski definition) is 8. The van der Waals surface area contributed by atoms with Gasteiger partial charge in [0.15, 0.2) is 0 Å². The highest BCUT2D eigenvalue weighted by molar-refractivity contribution is 5.65. The molecule has 0 saturated heterocycles. The van der Waals surface area contributed by atoms with Gasteiger partial charge in [-0.3, -0.25) is 0 Å². The van der Waals surface area contributed by atoms with Gasteiger partial charge in [-0.1, -0.05) is 0 Å². The predicted octanol–water partition coefficient (Wildman–Crippen LogP) is 1.68. The number of rotatable bonds is 6. The first-order chi connectivity index (χ1) is 10.2. The van der Waals surface area contributed by atoms with E-state index in [1.54, 1.807) is 39.5 Å². The summed E-state index contributed by atoms with van der Waals surface area (Å²) >= 11 is 0. The maximum absolute atomic E-state index is 5.29. The van der Waals surface area contributed by atoms with E-state index in [0.717, 1.165) is 0 Å². The quantitative estimate of drug-likeness (QED) is 0.831. The van der Waals surface area contributed by atoms with E-state index in [1.165, 1.54) is 7.11 Å². The summed E-state index contributed by atoms with van der Waals surface area (Å²) in [4.78, 5) is 12.4. The molecule has 1 aromatic carbocycles. The van der Waals surface area contributed by atoms with Crippen molar-refractivity contribution in [1.29, 1.82) is 0 Å². The Morgan fingerprint density at radius 1 is 0.905 bits per heavy atom. The van der Waals surface area contributed by atoms with Crippen molar-refractivity contribution in [2.75, 3.05) is 39.0 Å². The van der Waals surface area contributed by atoms with Crippen LogP contribution < -0.4 is 24.8 Å². The molecule has 0 amide bonds. The third-order valence-corrected chi connectivity index (χ3v) is 2.67. The number of nitrogens with zero attached hydrogens (tertiary/aromatic N) is 3. The van der Waals surface area contributed by atoms with Crippen molar-refractivity contribution in [1.82, 2.24) is 15.0 Å². The second kappa shape index (κ2) is 6.60. The zero-order valence-electron chi connectivity index (χ0n) is 12.3. The molecular formula is C13H17N5O3. The zero-order valence-corrected chi connectivity index (χ0v) is 12.3. The molecule has 0 atom stereocenters. The first kappa shape index (κ1) is 14.6. The first-order valence-corrected chi connectivity index (χ1v) is 6.17. The van der Waals surface area contributed by atoms with Crippen LogP contribution in [0.5, 0.6) is 17.5 Å². The van der Waals surface area contributed by atoms with Crippen molar-refractivity contribution in [2.24, 2.45) is 0 Å². The van der Waals surface area contributed by atoms with Crippen molar-refractivity contribution >= 4 is 17.6 Å². The van der Waals surface area contributed by atoms with Gasteiger partial charge in [0.2, 0.25) is 11.9 Å². The molecule has 112 valence electrons. The number of methoxy groups -OCH3 is 3. The van der Waals surface area contributed by atoms with E-state index >= 15 is 0 Å². The van der Waals surface area contributed by atoms with Gasteiger partial charge in [-0.25, -0.2) is 0 Å². The number of anilines is 3. The molecule has 0 radical (unpaired) electrons. The molecule has 2 rings (SSSR count). The van der Waals surface area contributed by atoms with Crippen LogP contribution in [0.3, 0.4) is 0 Å². The van der Waals surface area contributed by atoms with E-state index in [4.69, 9.17) is 14.2 Å². The molecule has 2 N–H and O–H groups in total. The Morgan fingerprint density at radius 2 is 1.67 bits per heavy atom. The molecule has 0 aliphatic rings. The summed E-state index contributed by atoms with van der Waals surface area (Å²) in [5.41, 5.74) is 0.673. The molecule has 2 aromatic rings. The van der Waals surface area contributed by atoms with Gasteiger partial charge < -0.3 is 24.8 Å². The van der Waals surface area contributed by atoms with Crippen LogP contribution in [0, 0.1) is 0 Å². The van der Waals surface area contributed by atoms with Crippen LogP contribution in [-0.4, -0.2) is 43.3 Å². The average Bonchev–Trinajstić information content (AvgIpc) is 2.54. The minimum Gasteiger partial charge on any atom is -0.497 e. The van der Waals surface area contributed by atoms with E-state index in [2.05, 4.69) is 25.6 Å². The molecule has 0 unspecified atom stereocenters. The topological polar surface area (TPSA) is 90.4 Å². The Balaban J connectivity index is 2.36. The fourth-order valence-corrected chi connectivity index (χ4v) is 1.65. The molecule has 0 fully saturated rings. The highest BCUT2D eigenvalue weighted by Gasteiger charge is 2.10. The van der Waals surface area contributed by atoms with Gasteiger partial charge in [0, 0.05) is 13.1 Å². The van der Waals surface area contributed by atoms with Crippen molar-refractivity contribution in [3.8, 4) is 17.5 Å². The molecule has 8 nitrogen and oxygen atoms in total. The lowest BCUT2D eigenvalue weighted by Gasteiger charge is -2.12. The summed E-state index contributed by atoms with van der Waals surface area (Å²) in [6.07, 6.45) is 0. The Morgan fingerprint density at radius 3 is 2.29 bits per heavy atom. The van der Waals surface area contributed by atoms with Crippen molar-refractivity contribution in [3.63, 3.8) is 0 Å². The Hall–Kier alpha value is -2.77.